The zero-order valence-corrected chi connectivity index (χ0v) is 11.7. The Hall–Kier alpha value is -1.20. The van der Waals surface area contributed by atoms with Crippen molar-refractivity contribution >= 4 is 23.4 Å². The highest BCUT2D eigenvalue weighted by atomic mass is 32.1. The largest absolute Gasteiger partial charge is 0.376 e. The zero-order valence-electron chi connectivity index (χ0n) is 10.9. The predicted octanol–water partition coefficient (Wildman–Crippen LogP) is 3.14. The Morgan fingerprint density at radius 3 is 3.05 bits per heavy atom. The van der Waals surface area contributed by atoms with Gasteiger partial charge < -0.3 is 9.72 Å². The summed E-state index contributed by atoms with van der Waals surface area (Å²) >= 11 is 5.50. The third kappa shape index (κ3) is 1.83. The van der Waals surface area contributed by atoms with Crippen molar-refractivity contribution in [1.82, 2.24) is 14.5 Å². The molecule has 1 saturated heterocycles. The number of pyridine rings is 1. The summed E-state index contributed by atoms with van der Waals surface area (Å²) in [6.07, 6.45) is 5.86. The van der Waals surface area contributed by atoms with Gasteiger partial charge in [0.2, 0.25) is 0 Å². The van der Waals surface area contributed by atoms with E-state index in [-0.39, 0.29) is 0 Å². The molecule has 1 aliphatic carbocycles. The minimum atomic E-state index is 0.328. The van der Waals surface area contributed by atoms with E-state index in [2.05, 4.69) is 20.6 Å². The summed E-state index contributed by atoms with van der Waals surface area (Å²) in [6, 6.07) is 2.46. The van der Waals surface area contributed by atoms with Crippen LogP contribution in [0.15, 0.2) is 12.3 Å². The second-order valence-corrected chi connectivity index (χ2v) is 6.10. The molecule has 19 heavy (non-hydrogen) atoms. The number of ether oxygens (including phenoxy) is 1. The molecule has 1 N–H and O–H groups in total. The fourth-order valence-electron chi connectivity index (χ4n) is 3.18. The Labute approximate surface area is 116 Å². The summed E-state index contributed by atoms with van der Waals surface area (Å²) in [5.41, 5.74) is 3.15. The van der Waals surface area contributed by atoms with Gasteiger partial charge in [-0.1, -0.05) is 0 Å². The maximum absolute atomic E-state index is 5.93. The highest BCUT2D eigenvalue weighted by molar-refractivity contribution is 7.71. The number of hydrogen-bond donors (Lipinski definition) is 1. The lowest BCUT2D eigenvalue weighted by molar-refractivity contribution is 0.0755. The quantitative estimate of drug-likeness (QED) is 0.856. The number of nitrogens with one attached hydrogen (secondary N) is 1. The molecule has 3 heterocycles. The number of aryl methyl sites for hydroxylation is 1. The van der Waals surface area contributed by atoms with E-state index < -0.39 is 0 Å². The van der Waals surface area contributed by atoms with Crippen molar-refractivity contribution in [2.24, 2.45) is 5.92 Å². The van der Waals surface area contributed by atoms with E-state index in [9.17, 15) is 0 Å². The summed E-state index contributed by atoms with van der Waals surface area (Å²) < 4.78 is 8.89. The molecule has 100 valence electrons. The smallest absolute Gasteiger partial charge is 0.179 e. The highest BCUT2D eigenvalue weighted by Gasteiger charge is 2.42. The summed E-state index contributed by atoms with van der Waals surface area (Å²) in [7, 11) is 0. The second-order valence-electron chi connectivity index (χ2n) is 5.71. The van der Waals surface area contributed by atoms with Crippen molar-refractivity contribution in [1.29, 1.82) is 0 Å². The molecule has 4 nitrogen and oxygen atoms in total. The van der Waals surface area contributed by atoms with Gasteiger partial charge in [-0.15, -0.1) is 0 Å². The summed E-state index contributed by atoms with van der Waals surface area (Å²) in [5, 5.41) is 0. The first-order chi connectivity index (χ1) is 9.24. The van der Waals surface area contributed by atoms with Gasteiger partial charge in [-0.3, -0.25) is 4.57 Å². The number of aromatic nitrogens is 3. The molecule has 0 aromatic carbocycles. The molecule has 4 rings (SSSR count). The maximum Gasteiger partial charge on any atom is 0.179 e. The first kappa shape index (κ1) is 11.6. The number of fused-ring (bicyclic) bond motifs is 1. The van der Waals surface area contributed by atoms with Crippen LogP contribution in [0.2, 0.25) is 0 Å². The minimum absolute atomic E-state index is 0.328. The van der Waals surface area contributed by atoms with Gasteiger partial charge in [0.25, 0.3) is 0 Å². The maximum atomic E-state index is 5.93. The number of imidazole rings is 1. The van der Waals surface area contributed by atoms with Crippen molar-refractivity contribution in [3.05, 3.63) is 22.6 Å². The van der Waals surface area contributed by atoms with E-state index in [1.807, 2.05) is 13.1 Å². The van der Waals surface area contributed by atoms with Crippen molar-refractivity contribution in [2.45, 2.75) is 38.3 Å². The van der Waals surface area contributed by atoms with E-state index in [0.29, 0.717) is 12.1 Å². The van der Waals surface area contributed by atoms with E-state index in [1.165, 1.54) is 12.8 Å². The van der Waals surface area contributed by atoms with Crippen LogP contribution in [0.3, 0.4) is 0 Å². The van der Waals surface area contributed by atoms with Crippen LogP contribution in [0.5, 0.6) is 0 Å². The Balaban J connectivity index is 1.85. The van der Waals surface area contributed by atoms with Gasteiger partial charge in [0.1, 0.15) is 0 Å². The van der Waals surface area contributed by atoms with Crippen LogP contribution in [-0.4, -0.2) is 27.2 Å². The van der Waals surface area contributed by atoms with Gasteiger partial charge >= 0.3 is 0 Å². The number of hydrogen-bond acceptors (Lipinski definition) is 3. The van der Waals surface area contributed by atoms with E-state index in [1.54, 1.807) is 0 Å². The Morgan fingerprint density at radius 2 is 2.26 bits per heavy atom. The molecular formula is C14H17N3OS. The number of nitrogens with zero attached hydrogens (tertiary/aromatic N) is 2. The molecule has 0 amide bonds. The third-order valence-electron chi connectivity index (χ3n) is 4.21. The highest BCUT2D eigenvalue weighted by Crippen LogP contribution is 2.44. The Bertz CT molecular complexity index is 686. The lowest BCUT2D eigenvalue weighted by Crippen LogP contribution is -2.22. The van der Waals surface area contributed by atoms with Crippen LogP contribution in [-0.2, 0) is 4.74 Å². The normalized spacial score (nSPS) is 27.2. The summed E-state index contributed by atoms with van der Waals surface area (Å²) in [6.45, 7) is 2.89. The average Bonchev–Trinajstić information content (AvgIpc) is 3.02. The third-order valence-corrected chi connectivity index (χ3v) is 4.51. The molecule has 0 bridgehead atoms. The molecule has 2 unspecified atom stereocenters. The van der Waals surface area contributed by atoms with Crippen LogP contribution < -0.4 is 0 Å². The van der Waals surface area contributed by atoms with Crippen molar-refractivity contribution in [3.63, 3.8) is 0 Å². The minimum Gasteiger partial charge on any atom is -0.376 e. The molecule has 1 saturated carbocycles. The lowest BCUT2D eigenvalue weighted by atomic mass is 10.1. The number of rotatable bonds is 2. The van der Waals surface area contributed by atoms with Crippen LogP contribution in [0.4, 0.5) is 0 Å². The molecule has 2 aromatic heterocycles. The van der Waals surface area contributed by atoms with Crippen molar-refractivity contribution in [3.8, 4) is 0 Å². The van der Waals surface area contributed by atoms with Crippen LogP contribution >= 0.6 is 12.2 Å². The van der Waals surface area contributed by atoms with E-state index >= 15 is 0 Å². The topological polar surface area (TPSA) is 42.8 Å². The van der Waals surface area contributed by atoms with Crippen LogP contribution in [0.25, 0.3) is 11.2 Å². The number of H-pyrrole nitrogens is 1. The van der Waals surface area contributed by atoms with Crippen molar-refractivity contribution in [2.75, 3.05) is 6.61 Å². The van der Waals surface area contributed by atoms with Gasteiger partial charge in [0, 0.05) is 12.8 Å². The van der Waals surface area contributed by atoms with E-state index in [4.69, 9.17) is 17.0 Å². The fraction of sp³-hybridized carbons (Fsp3) is 0.571. The fourth-order valence-corrected chi connectivity index (χ4v) is 3.51. The predicted molar refractivity (Wildman–Crippen MR) is 75.8 cm³/mol. The average molecular weight is 275 g/mol. The Morgan fingerprint density at radius 1 is 1.42 bits per heavy atom. The van der Waals surface area contributed by atoms with Gasteiger partial charge in [0.15, 0.2) is 10.4 Å². The van der Waals surface area contributed by atoms with Crippen molar-refractivity contribution < 1.29 is 4.74 Å². The molecular weight excluding hydrogens is 258 g/mol. The Kier molecular flexibility index (Phi) is 2.53. The zero-order chi connectivity index (χ0) is 13.0. The van der Waals surface area contributed by atoms with Gasteiger partial charge in [0.05, 0.1) is 17.7 Å². The number of aromatic amines is 1. The molecule has 1 aliphatic heterocycles. The molecule has 2 aromatic rings. The first-order valence-corrected chi connectivity index (χ1v) is 7.33. The van der Waals surface area contributed by atoms with Gasteiger partial charge in [-0.2, -0.15) is 0 Å². The molecule has 0 radical (unpaired) electrons. The molecule has 0 spiro atoms. The lowest BCUT2D eigenvalue weighted by Gasteiger charge is -2.19. The standard InChI is InChI=1S/C14H17N3OS/c1-8-6-10-13(15-7-8)17(14(19)16-10)11-4-5-18-12(11)9-2-3-9/h6-7,9,11-12H,2-5H2,1H3,(H,16,19). The van der Waals surface area contributed by atoms with Crippen LogP contribution in [0.1, 0.15) is 30.9 Å². The molecule has 2 fully saturated rings. The summed E-state index contributed by atoms with van der Waals surface area (Å²) in [5.74, 6) is 0.727. The second kappa shape index (κ2) is 4.15. The van der Waals surface area contributed by atoms with E-state index in [0.717, 1.165) is 40.4 Å². The summed E-state index contributed by atoms with van der Waals surface area (Å²) in [4.78, 5) is 7.85. The molecule has 2 aliphatic rings. The van der Waals surface area contributed by atoms with Gasteiger partial charge in [-0.05, 0) is 56.0 Å². The monoisotopic (exact) mass is 275 g/mol. The van der Waals surface area contributed by atoms with Crippen LogP contribution in [0, 0.1) is 17.6 Å². The molecule has 2 atom stereocenters. The molecule has 5 heteroatoms. The first-order valence-electron chi connectivity index (χ1n) is 6.92. The van der Waals surface area contributed by atoms with Gasteiger partial charge in [-0.25, -0.2) is 4.98 Å². The SMILES string of the molecule is Cc1cnc2c(c1)[nH]c(=S)n2C1CCOC1C1CC1.